The number of hydrogen-bond donors (Lipinski definition) is 0. The van der Waals surface area contributed by atoms with Crippen LogP contribution < -0.4 is 0 Å². The van der Waals surface area contributed by atoms with E-state index >= 15 is 0 Å². The Kier molecular flexibility index (Phi) is 1.20. The monoisotopic (exact) mass is 110 g/mol. The maximum atomic E-state index is 10.7. The predicted molar refractivity (Wildman–Crippen MR) is 32.5 cm³/mol. The van der Waals surface area contributed by atoms with Crippen LogP contribution in [0.1, 0.15) is 13.8 Å². The van der Waals surface area contributed by atoms with E-state index in [0.717, 1.165) is 0 Å². The molecule has 2 atom stereocenters. The Bertz CT molecular complexity index is 135. The standard InChI is InChI=1S/C7H10O/c1-5-3-4-7(8)6(5)2/h3-6H,1-2H3/t5-,6-/m1/s1. The summed E-state index contributed by atoms with van der Waals surface area (Å²) in [7, 11) is 0. The Morgan fingerprint density at radius 3 is 2.25 bits per heavy atom. The first-order valence-corrected chi connectivity index (χ1v) is 2.94. The Balaban J connectivity index is 2.69. The molecular formula is C7H10O. The van der Waals surface area contributed by atoms with Gasteiger partial charge in [0, 0.05) is 5.92 Å². The molecule has 0 bridgehead atoms. The first-order valence-electron chi connectivity index (χ1n) is 2.94. The van der Waals surface area contributed by atoms with E-state index < -0.39 is 0 Å². The lowest BCUT2D eigenvalue weighted by Gasteiger charge is -2.03. The molecular weight excluding hydrogens is 100 g/mol. The third kappa shape index (κ3) is 0.683. The van der Waals surface area contributed by atoms with Crippen LogP contribution in [0.3, 0.4) is 0 Å². The molecule has 1 rings (SSSR count). The summed E-state index contributed by atoms with van der Waals surface area (Å²) in [6.45, 7) is 4.03. The van der Waals surface area contributed by atoms with E-state index in [1.54, 1.807) is 6.08 Å². The van der Waals surface area contributed by atoms with Crippen LogP contribution in [0, 0.1) is 11.8 Å². The van der Waals surface area contributed by atoms with Crippen LogP contribution in [0.5, 0.6) is 0 Å². The van der Waals surface area contributed by atoms with Crippen molar-refractivity contribution in [2.45, 2.75) is 13.8 Å². The predicted octanol–water partition coefficient (Wildman–Crippen LogP) is 1.40. The fourth-order valence-electron chi connectivity index (χ4n) is 0.824. The number of carbonyl (C=O) groups is 1. The molecule has 1 heteroatoms. The molecule has 8 heavy (non-hydrogen) atoms. The molecule has 0 saturated carbocycles. The first kappa shape index (κ1) is 5.54. The maximum Gasteiger partial charge on any atom is 0.158 e. The first-order chi connectivity index (χ1) is 3.72. The van der Waals surface area contributed by atoms with Gasteiger partial charge in [-0.2, -0.15) is 0 Å². The molecule has 0 N–H and O–H groups in total. The van der Waals surface area contributed by atoms with Crippen LogP contribution in [-0.2, 0) is 4.79 Å². The van der Waals surface area contributed by atoms with E-state index in [-0.39, 0.29) is 11.7 Å². The van der Waals surface area contributed by atoms with Crippen molar-refractivity contribution in [3.63, 3.8) is 0 Å². The van der Waals surface area contributed by atoms with Gasteiger partial charge in [-0.05, 0) is 12.0 Å². The Morgan fingerprint density at radius 1 is 1.50 bits per heavy atom. The third-order valence-corrected chi connectivity index (χ3v) is 1.80. The van der Waals surface area contributed by atoms with Crippen molar-refractivity contribution < 1.29 is 4.79 Å². The second-order valence-corrected chi connectivity index (χ2v) is 2.41. The van der Waals surface area contributed by atoms with Gasteiger partial charge in [0.25, 0.3) is 0 Å². The van der Waals surface area contributed by atoms with E-state index in [0.29, 0.717) is 5.92 Å². The Labute approximate surface area is 49.4 Å². The second-order valence-electron chi connectivity index (χ2n) is 2.41. The van der Waals surface area contributed by atoms with Gasteiger partial charge < -0.3 is 0 Å². The number of hydrogen-bond acceptors (Lipinski definition) is 1. The Morgan fingerprint density at radius 2 is 2.12 bits per heavy atom. The summed E-state index contributed by atoms with van der Waals surface area (Å²) in [6.07, 6.45) is 3.64. The highest BCUT2D eigenvalue weighted by Crippen LogP contribution is 2.19. The molecule has 0 saturated heterocycles. The highest BCUT2D eigenvalue weighted by molar-refractivity contribution is 5.94. The van der Waals surface area contributed by atoms with Gasteiger partial charge in [0.1, 0.15) is 0 Å². The molecule has 0 fully saturated rings. The van der Waals surface area contributed by atoms with Gasteiger partial charge >= 0.3 is 0 Å². The molecule has 1 nitrogen and oxygen atoms in total. The van der Waals surface area contributed by atoms with Gasteiger partial charge in [-0.3, -0.25) is 4.79 Å². The topological polar surface area (TPSA) is 17.1 Å². The van der Waals surface area contributed by atoms with Crippen LogP contribution in [0.25, 0.3) is 0 Å². The molecule has 0 amide bonds. The zero-order valence-electron chi connectivity index (χ0n) is 5.22. The van der Waals surface area contributed by atoms with Crippen molar-refractivity contribution >= 4 is 5.78 Å². The van der Waals surface area contributed by atoms with Gasteiger partial charge in [0.05, 0.1) is 0 Å². The Hall–Kier alpha value is -0.590. The van der Waals surface area contributed by atoms with E-state index in [2.05, 4.69) is 6.92 Å². The number of rotatable bonds is 0. The molecule has 1 aliphatic carbocycles. The molecule has 0 unspecified atom stereocenters. The van der Waals surface area contributed by atoms with Crippen molar-refractivity contribution in [3.8, 4) is 0 Å². The van der Waals surface area contributed by atoms with Crippen LogP contribution in [-0.4, -0.2) is 5.78 Å². The van der Waals surface area contributed by atoms with E-state index in [1.807, 2.05) is 13.0 Å². The minimum Gasteiger partial charge on any atom is -0.295 e. The summed E-state index contributed by atoms with van der Waals surface area (Å²) in [5.41, 5.74) is 0. The molecule has 0 spiro atoms. The van der Waals surface area contributed by atoms with Crippen LogP contribution in [0.4, 0.5) is 0 Å². The summed E-state index contributed by atoms with van der Waals surface area (Å²) in [5.74, 6) is 0.968. The molecule has 0 aromatic heterocycles. The van der Waals surface area contributed by atoms with E-state index in [4.69, 9.17) is 0 Å². The molecule has 0 aromatic rings. The fraction of sp³-hybridized carbons (Fsp3) is 0.571. The van der Waals surface area contributed by atoms with E-state index in [1.165, 1.54) is 0 Å². The smallest absolute Gasteiger partial charge is 0.158 e. The van der Waals surface area contributed by atoms with Gasteiger partial charge in [0.15, 0.2) is 5.78 Å². The van der Waals surface area contributed by atoms with Crippen molar-refractivity contribution in [1.29, 1.82) is 0 Å². The van der Waals surface area contributed by atoms with Crippen molar-refractivity contribution in [1.82, 2.24) is 0 Å². The van der Waals surface area contributed by atoms with Gasteiger partial charge in [-0.15, -0.1) is 0 Å². The van der Waals surface area contributed by atoms with Gasteiger partial charge in [0.2, 0.25) is 0 Å². The normalized spacial score (nSPS) is 36.5. The molecule has 0 aromatic carbocycles. The zero-order chi connectivity index (χ0) is 6.15. The van der Waals surface area contributed by atoms with Crippen molar-refractivity contribution in [2.24, 2.45) is 11.8 Å². The lowest BCUT2D eigenvalue weighted by atomic mass is 10.00. The highest BCUT2D eigenvalue weighted by atomic mass is 16.1. The largest absolute Gasteiger partial charge is 0.295 e. The minimum atomic E-state index is 0.231. The third-order valence-electron chi connectivity index (χ3n) is 1.80. The van der Waals surface area contributed by atoms with Crippen molar-refractivity contribution in [2.75, 3.05) is 0 Å². The lowest BCUT2D eigenvalue weighted by Crippen LogP contribution is -2.07. The van der Waals surface area contributed by atoms with Crippen LogP contribution in [0.15, 0.2) is 12.2 Å². The number of ketones is 1. The SMILES string of the molecule is C[C@@H]1C=CC(=O)[C@@H]1C. The zero-order valence-corrected chi connectivity index (χ0v) is 5.22. The summed E-state index contributed by atoms with van der Waals surface area (Å²) >= 11 is 0. The lowest BCUT2D eigenvalue weighted by molar-refractivity contribution is -0.117. The fourth-order valence-corrected chi connectivity index (χ4v) is 0.824. The van der Waals surface area contributed by atoms with E-state index in [9.17, 15) is 4.79 Å². The highest BCUT2D eigenvalue weighted by Gasteiger charge is 2.20. The number of carbonyl (C=O) groups excluding carboxylic acids is 1. The molecule has 0 heterocycles. The molecule has 44 valence electrons. The minimum absolute atomic E-state index is 0.231. The summed E-state index contributed by atoms with van der Waals surface area (Å²) in [5, 5.41) is 0. The summed E-state index contributed by atoms with van der Waals surface area (Å²) in [4.78, 5) is 10.7. The van der Waals surface area contributed by atoms with Crippen LogP contribution >= 0.6 is 0 Å². The second kappa shape index (κ2) is 1.73. The number of allylic oxidation sites excluding steroid dienone is 2. The summed E-state index contributed by atoms with van der Waals surface area (Å²) < 4.78 is 0. The molecule has 0 radical (unpaired) electrons. The average molecular weight is 110 g/mol. The van der Waals surface area contributed by atoms with Gasteiger partial charge in [-0.25, -0.2) is 0 Å². The molecule has 1 aliphatic rings. The molecule has 0 aliphatic heterocycles. The maximum absolute atomic E-state index is 10.7. The van der Waals surface area contributed by atoms with Gasteiger partial charge in [-0.1, -0.05) is 19.9 Å². The quantitative estimate of drug-likeness (QED) is 0.460. The average Bonchev–Trinajstić information content (AvgIpc) is 1.98. The van der Waals surface area contributed by atoms with Crippen molar-refractivity contribution in [3.05, 3.63) is 12.2 Å². The van der Waals surface area contributed by atoms with Crippen LogP contribution in [0.2, 0.25) is 0 Å². The summed E-state index contributed by atoms with van der Waals surface area (Å²) in [6, 6.07) is 0.